The van der Waals surface area contributed by atoms with Gasteiger partial charge in [-0.2, -0.15) is 0 Å². The fourth-order valence-corrected chi connectivity index (χ4v) is 0.389. The molecule has 0 aliphatic rings. The van der Waals surface area contributed by atoms with Gasteiger partial charge in [-0.05, 0) is 23.7 Å². The Morgan fingerprint density at radius 3 is 3.00 bits per heavy atom. The monoisotopic (exact) mass is 144 g/mol. The summed E-state index contributed by atoms with van der Waals surface area (Å²) in [6.45, 7) is 2.38. The third-order valence-corrected chi connectivity index (χ3v) is 0.743. The molecule has 0 aromatic heterocycles. The van der Waals surface area contributed by atoms with Gasteiger partial charge in [0.05, 0.1) is 12.7 Å². The highest BCUT2D eigenvalue weighted by molar-refractivity contribution is 7.78. The Bertz CT molecular complexity index is 136. The second kappa shape index (κ2) is 5.48. The molecule has 0 fully saturated rings. The minimum absolute atomic E-state index is 0.410. The predicted octanol–water partition coefficient (Wildman–Crippen LogP) is 1.09. The first kappa shape index (κ1) is 8.34. The van der Waals surface area contributed by atoms with E-state index in [1.165, 1.54) is 0 Å². The lowest BCUT2D eigenvalue weighted by Crippen LogP contribution is -2.00. The quantitative estimate of drug-likeness (QED) is 0.337. The average Bonchev–Trinajstić information content (AvgIpc) is 1.85. The topological polar surface area (TPSA) is 26.3 Å². The molecule has 0 saturated heterocycles. The summed E-state index contributed by atoms with van der Waals surface area (Å²) < 4.78 is 4.61. The van der Waals surface area contributed by atoms with Gasteiger partial charge in [-0.15, -0.1) is 0 Å². The van der Waals surface area contributed by atoms with Crippen LogP contribution in [0.2, 0.25) is 0 Å². The van der Waals surface area contributed by atoms with E-state index in [1.54, 1.807) is 0 Å². The molecule has 0 amide bonds. The maximum Gasteiger partial charge on any atom is 0.339 e. The normalized spacial score (nSPS) is 7.67. The summed E-state index contributed by atoms with van der Waals surface area (Å²) in [5, 5.41) is 2.16. The van der Waals surface area contributed by atoms with E-state index in [0.717, 1.165) is 12.5 Å². The smallest absolute Gasteiger partial charge is 0.339 e. The molecular formula is C6H8O2S. The van der Waals surface area contributed by atoms with Crippen LogP contribution in [0.5, 0.6) is 0 Å². The molecule has 0 N–H and O–H groups in total. The van der Waals surface area contributed by atoms with Crippen LogP contribution in [0.3, 0.4) is 0 Å². The largest absolute Gasteiger partial charge is 0.462 e. The lowest BCUT2D eigenvalue weighted by molar-refractivity contribution is -0.137. The Balaban J connectivity index is 3.39. The molecule has 0 saturated carbocycles. The van der Waals surface area contributed by atoms with Crippen molar-refractivity contribution in [1.82, 2.24) is 0 Å². The third kappa shape index (κ3) is 5.21. The number of carbonyl (C=O) groups excluding carboxylic acids is 1. The fraction of sp³-hybridized carbons (Fsp3) is 0.500. The van der Waals surface area contributed by atoms with Gasteiger partial charge >= 0.3 is 5.97 Å². The summed E-state index contributed by atoms with van der Waals surface area (Å²) in [5.74, 6) is -0.410. The van der Waals surface area contributed by atoms with E-state index in [0.29, 0.717) is 6.61 Å². The van der Waals surface area contributed by atoms with E-state index >= 15 is 0 Å². The lowest BCUT2D eigenvalue weighted by atomic mass is 10.5. The van der Waals surface area contributed by atoms with Gasteiger partial charge in [0.25, 0.3) is 0 Å². The van der Waals surface area contributed by atoms with Crippen LogP contribution in [-0.2, 0) is 9.53 Å². The Hall–Kier alpha value is -0.660. The zero-order valence-electron chi connectivity index (χ0n) is 5.22. The van der Waals surface area contributed by atoms with Crippen LogP contribution in [0.25, 0.3) is 0 Å². The molecule has 9 heavy (non-hydrogen) atoms. The van der Waals surface area contributed by atoms with Crippen LogP contribution in [0.15, 0.2) is 6.08 Å². The molecule has 0 rings (SSSR count). The Morgan fingerprint density at radius 1 is 1.89 bits per heavy atom. The number of carbonyl (C=O) groups is 1. The molecule has 0 aliphatic carbocycles. The van der Waals surface area contributed by atoms with Crippen molar-refractivity contribution in [2.45, 2.75) is 13.3 Å². The van der Waals surface area contributed by atoms with Crippen LogP contribution in [-0.4, -0.2) is 17.6 Å². The summed E-state index contributed by atoms with van der Waals surface area (Å²) >= 11 is 4.27. The standard InChI is InChI=1S/C6H8O2S/c1-2-4-8-6(7)3-5-9/h3H,2,4H2,1H3. The zero-order valence-corrected chi connectivity index (χ0v) is 6.03. The molecule has 0 aromatic rings. The van der Waals surface area contributed by atoms with Crippen LogP contribution < -0.4 is 0 Å². The second-order valence-corrected chi connectivity index (χ2v) is 1.67. The van der Waals surface area contributed by atoms with Crippen molar-refractivity contribution in [2.24, 2.45) is 0 Å². The van der Waals surface area contributed by atoms with E-state index in [1.807, 2.05) is 6.92 Å². The van der Waals surface area contributed by atoms with E-state index in [2.05, 4.69) is 22.0 Å². The first-order chi connectivity index (χ1) is 4.31. The molecule has 0 atom stereocenters. The van der Waals surface area contributed by atoms with Crippen molar-refractivity contribution in [3.63, 3.8) is 0 Å². The first-order valence-corrected chi connectivity index (χ1v) is 3.09. The van der Waals surface area contributed by atoms with Gasteiger partial charge in [-0.25, -0.2) is 4.79 Å². The highest BCUT2D eigenvalue weighted by atomic mass is 32.1. The summed E-state index contributed by atoms with van der Waals surface area (Å²) in [7, 11) is 0. The van der Waals surface area contributed by atoms with E-state index in [4.69, 9.17) is 0 Å². The summed E-state index contributed by atoms with van der Waals surface area (Å²) in [4.78, 5) is 10.4. The van der Waals surface area contributed by atoms with Crippen molar-refractivity contribution < 1.29 is 9.53 Å². The highest BCUT2D eigenvalue weighted by Gasteiger charge is 1.91. The van der Waals surface area contributed by atoms with E-state index in [9.17, 15) is 4.79 Å². The Labute approximate surface area is 59.5 Å². The average molecular weight is 144 g/mol. The Kier molecular flexibility index (Phi) is 5.07. The molecule has 50 valence electrons. The second-order valence-electron chi connectivity index (χ2n) is 1.43. The molecule has 0 aromatic carbocycles. The summed E-state index contributed by atoms with van der Waals surface area (Å²) in [6, 6.07) is 0. The van der Waals surface area contributed by atoms with Gasteiger partial charge < -0.3 is 4.74 Å². The number of thiocarbonyl (C=S) groups is 1. The highest BCUT2D eigenvalue weighted by Crippen LogP contribution is 1.81. The molecule has 0 aliphatic heterocycles. The maximum absolute atomic E-state index is 10.4. The van der Waals surface area contributed by atoms with Crippen molar-refractivity contribution >= 4 is 23.2 Å². The minimum atomic E-state index is -0.410. The summed E-state index contributed by atoms with van der Waals surface area (Å²) in [5.41, 5.74) is 0. The van der Waals surface area contributed by atoms with Crippen LogP contribution in [0.4, 0.5) is 0 Å². The molecule has 0 unspecified atom stereocenters. The van der Waals surface area contributed by atoms with Gasteiger partial charge in [-0.1, -0.05) is 6.92 Å². The molecule has 0 bridgehead atoms. The van der Waals surface area contributed by atoms with Gasteiger partial charge in [-0.3, -0.25) is 0 Å². The van der Waals surface area contributed by atoms with E-state index < -0.39 is 5.97 Å². The number of esters is 1. The number of rotatable bonds is 3. The SMILES string of the molecule is CCCOC(=O)C=C=S. The molecule has 2 nitrogen and oxygen atoms in total. The molecular weight excluding hydrogens is 136 g/mol. The van der Waals surface area contributed by atoms with Gasteiger partial charge in [0.1, 0.15) is 0 Å². The Morgan fingerprint density at radius 2 is 2.56 bits per heavy atom. The first-order valence-electron chi connectivity index (χ1n) is 2.69. The number of hydrogen-bond donors (Lipinski definition) is 0. The summed E-state index contributed by atoms with van der Waals surface area (Å²) in [6.07, 6.45) is 1.93. The molecule has 0 spiro atoms. The maximum atomic E-state index is 10.4. The molecule has 0 radical (unpaired) electrons. The van der Waals surface area contributed by atoms with Crippen LogP contribution in [0, 0.1) is 0 Å². The van der Waals surface area contributed by atoms with Crippen molar-refractivity contribution in [3.05, 3.63) is 6.08 Å². The van der Waals surface area contributed by atoms with Gasteiger partial charge in [0, 0.05) is 0 Å². The molecule has 0 heterocycles. The van der Waals surface area contributed by atoms with Gasteiger partial charge in [0.2, 0.25) is 0 Å². The van der Waals surface area contributed by atoms with E-state index in [-0.39, 0.29) is 0 Å². The van der Waals surface area contributed by atoms with Crippen molar-refractivity contribution in [1.29, 1.82) is 0 Å². The predicted molar refractivity (Wildman–Crippen MR) is 38.4 cm³/mol. The van der Waals surface area contributed by atoms with Gasteiger partial charge in [0.15, 0.2) is 0 Å². The fourth-order valence-electron chi connectivity index (χ4n) is 0.292. The van der Waals surface area contributed by atoms with Crippen molar-refractivity contribution in [3.8, 4) is 0 Å². The van der Waals surface area contributed by atoms with Crippen molar-refractivity contribution in [2.75, 3.05) is 6.61 Å². The zero-order chi connectivity index (χ0) is 7.11. The molecule has 3 heteroatoms. The van der Waals surface area contributed by atoms with Crippen LogP contribution in [0.1, 0.15) is 13.3 Å². The minimum Gasteiger partial charge on any atom is -0.462 e. The van der Waals surface area contributed by atoms with Crippen LogP contribution >= 0.6 is 12.2 Å². The number of ether oxygens (including phenoxy) is 1. The lowest BCUT2D eigenvalue weighted by Gasteiger charge is -1.94. The number of hydrogen-bond acceptors (Lipinski definition) is 3. The third-order valence-electron chi connectivity index (χ3n) is 0.625.